The van der Waals surface area contributed by atoms with E-state index in [4.69, 9.17) is 4.74 Å². The third-order valence-electron chi connectivity index (χ3n) is 13.0. The summed E-state index contributed by atoms with van der Waals surface area (Å²) < 4.78 is 5.46. The molecule has 6 nitrogen and oxygen atoms in total. The maximum atomic E-state index is 12.5. The van der Waals surface area contributed by atoms with Crippen LogP contribution in [0.3, 0.4) is 0 Å². The SMILES string of the molecule is CCCCC/C=C\C/C=C\CCCCCCCC(=O)OCCCCCCCCCCCCCCCCCC(=O)NC(CO)C(O)CCCCCCCCCCCCCCCCCC. The molecule has 0 aliphatic carbocycles. The molecule has 63 heavy (non-hydrogen) atoms. The average molecular weight is 889 g/mol. The highest BCUT2D eigenvalue weighted by molar-refractivity contribution is 5.76. The van der Waals surface area contributed by atoms with Gasteiger partial charge in [0.15, 0.2) is 0 Å². The summed E-state index contributed by atoms with van der Waals surface area (Å²) in [5, 5.41) is 23.3. The number of nitrogens with one attached hydrogen (secondary N) is 1. The molecule has 372 valence electrons. The summed E-state index contributed by atoms with van der Waals surface area (Å²) in [6.45, 7) is 4.91. The molecule has 2 atom stereocenters. The van der Waals surface area contributed by atoms with Crippen molar-refractivity contribution in [3.63, 3.8) is 0 Å². The minimum absolute atomic E-state index is 0.0130. The van der Waals surface area contributed by atoms with Gasteiger partial charge in [-0.3, -0.25) is 9.59 Å². The lowest BCUT2D eigenvalue weighted by Gasteiger charge is -2.22. The van der Waals surface area contributed by atoms with E-state index in [9.17, 15) is 19.8 Å². The summed E-state index contributed by atoms with van der Waals surface area (Å²) in [6.07, 6.45) is 62.9. The first-order valence-electron chi connectivity index (χ1n) is 28.1. The molecule has 6 heteroatoms. The van der Waals surface area contributed by atoms with Crippen molar-refractivity contribution in [3.05, 3.63) is 24.3 Å². The van der Waals surface area contributed by atoms with Gasteiger partial charge in [0.2, 0.25) is 5.91 Å². The van der Waals surface area contributed by atoms with Crippen molar-refractivity contribution >= 4 is 11.9 Å². The Morgan fingerprint density at radius 1 is 0.444 bits per heavy atom. The van der Waals surface area contributed by atoms with Crippen molar-refractivity contribution in [3.8, 4) is 0 Å². The van der Waals surface area contributed by atoms with Gasteiger partial charge in [0, 0.05) is 12.8 Å². The maximum absolute atomic E-state index is 12.5. The van der Waals surface area contributed by atoms with Crippen LogP contribution in [0.15, 0.2) is 24.3 Å². The summed E-state index contributed by atoms with van der Waals surface area (Å²) >= 11 is 0. The number of ether oxygens (including phenoxy) is 1. The predicted octanol–water partition coefficient (Wildman–Crippen LogP) is 17.1. The minimum Gasteiger partial charge on any atom is -0.466 e. The van der Waals surface area contributed by atoms with Gasteiger partial charge in [-0.2, -0.15) is 0 Å². The lowest BCUT2D eigenvalue weighted by atomic mass is 10.0. The van der Waals surface area contributed by atoms with Crippen LogP contribution in [0.4, 0.5) is 0 Å². The number of amides is 1. The lowest BCUT2D eigenvalue weighted by Crippen LogP contribution is -2.45. The number of hydrogen-bond acceptors (Lipinski definition) is 5. The van der Waals surface area contributed by atoms with Gasteiger partial charge in [-0.15, -0.1) is 0 Å². The van der Waals surface area contributed by atoms with Gasteiger partial charge in [0.25, 0.3) is 0 Å². The fourth-order valence-electron chi connectivity index (χ4n) is 8.67. The summed E-state index contributed by atoms with van der Waals surface area (Å²) in [4.78, 5) is 24.5. The van der Waals surface area contributed by atoms with Gasteiger partial charge in [-0.1, -0.05) is 256 Å². The summed E-state index contributed by atoms with van der Waals surface area (Å²) in [5.41, 5.74) is 0. The second-order valence-corrected chi connectivity index (χ2v) is 19.3. The van der Waals surface area contributed by atoms with Gasteiger partial charge < -0.3 is 20.3 Å². The van der Waals surface area contributed by atoms with Crippen LogP contribution in [-0.4, -0.2) is 47.4 Å². The zero-order chi connectivity index (χ0) is 45.8. The number of carbonyl (C=O) groups is 2. The molecule has 3 N–H and O–H groups in total. The van der Waals surface area contributed by atoms with E-state index in [0.29, 0.717) is 25.9 Å². The predicted molar refractivity (Wildman–Crippen MR) is 273 cm³/mol. The molecule has 0 fully saturated rings. The normalized spacial score (nSPS) is 12.8. The summed E-state index contributed by atoms with van der Waals surface area (Å²) in [5.74, 6) is -0.0555. The first kappa shape index (κ1) is 61.3. The quantitative estimate of drug-likeness (QED) is 0.0321. The number of hydrogen-bond donors (Lipinski definition) is 3. The van der Waals surface area contributed by atoms with Crippen molar-refractivity contribution in [1.82, 2.24) is 5.32 Å². The van der Waals surface area contributed by atoms with E-state index in [1.54, 1.807) is 0 Å². The number of allylic oxidation sites excluding steroid dienone is 4. The highest BCUT2D eigenvalue weighted by Crippen LogP contribution is 2.17. The molecule has 0 aliphatic heterocycles. The van der Waals surface area contributed by atoms with Crippen LogP contribution in [0.25, 0.3) is 0 Å². The van der Waals surface area contributed by atoms with Gasteiger partial charge in [-0.25, -0.2) is 0 Å². The molecule has 0 aliphatic rings. The minimum atomic E-state index is -0.670. The van der Waals surface area contributed by atoms with Crippen LogP contribution >= 0.6 is 0 Å². The monoisotopic (exact) mass is 888 g/mol. The standard InChI is InChI=1S/C57H109NO5/c1-3-5-7-9-11-13-15-17-19-22-25-29-33-37-41-45-49-55(60)54(53-59)58-56(61)50-46-42-38-34-30-26-23-20-24-28-32-36-40-44-48-52-63-57(62)51-47-43-39-35-31-27-21-18-16-14-12-10-8-6-4-2/h12,14,18,21,54-55,59-60H,3-11,13,15-17,19-20,22-53H2,1-2H3,(H,58,61)/b14-12-,21-18-. The van der Waals surface area contributed by atoms with Crippen molar-refractivity contribution in [2.45, 2.75) is 315 Å². The topological polar surface area (TPSA) is 95.9 Å². The maximum Gasteiger partial charge on any atom is 0.305 e. The van der Waals surface area contributed by atoms with Crippen LogP contribution in [0.2, 0.25) is 0 Å². The summed E-state index contributed by atoms with van der Waals surface area (Å²) in [7, 11) is 0. The molecule has 0 radical (unpaired) electrons. The lowest BCUT2D eigenvalue weighted by molar-refractivity contribution is -0.143. The molecule has 0 saturated carbocycles. The zero-order valence-electron chi connectivity index (χ0n) is 42.3. The Hall–Kier alpha value is -1.66. The third-order valence-corrected chi connectivity index (χ3v) is 13.0. The first-order valence-corrected chi connectivity index (χ1v) is 28.1. The van der Waals surface area contributed by atoms with E-state index in [0.717, 1.165) is 57.8 Å². The molecule has 2 unspecified atom stereocenters. The molecule has 0 heterocycles. The van der Waals surface area contributed by atoms with Crippen LogP contribution in [0.5, 0.6) is 0 Å². The molecule has 0 spiro atoms. The number of esters is 1. The molecular weight excluding hydrogens is 779 g/mol. The number of unbranched alkanes of at least 4 members (excludes halogenated alkanes) is 37. The number of carbonyl (C=O) groups excluding carboxylic acids is 2. The molecule has 0 saturated heterocycles. The molecular formula is C57H109NO5. The van der Waals surface area contributed by atoms with Gasteiger partial charge >= 0.3 is 5.97 Å². The van der Waals surface area contributed by atoms with Crippen LogP contribution in [0.1, 0.15) is 303 Å². The van der Waals surface area contributed by atoms with Gasteiger partial charge in [0.05, 0.1) is 25.4 Å². The van der Waals surface area contributed by atoms with Crippen LogP contribution in [0, 0.1) is 0 Å². The fourth-order valence-corrected chi connectivity index (χ4v) is 8.67. The second kappa shape index (κ2) is 53.0. The smallest absolute Gasteiger partial charge is 0.305 e. The Morgan fingerprint density at radius 3 is 1.24 bits per heavy atom. The average Bonchev–Trinajstić information content (AvgIpc) is 3.28. The zero-order valence-corrected chi connectivity index (χ0v) is 42.3. The van der Waals surface area contributed by atoms with Crippen molar-refractivity contribution in [2.75, 3.05) is 13.2 Å². The highest BCUT2D eigenvalue weighted by atomic mass is 16.5. The van der Waals surface area contributed by atoms with E-state index in [-0.39, 0.29) is 18.5 Å². The third kappa shape index (κ3) is 49.6. The van der Waals surface area contributed by atoms with Gasteiger partial charge in [-0.05, 0) is 57.8 Å². The van der Waals surface area contributed by atoms with E-state index in [2.05, 4.69) is 43.5 Å². The van der Waals surface area contributed by atoms with E-state index < -0.39 is 12.1 Å². The largest absolute Gasteiger partial charge is 0.466 e. The Morgan fingerprint density at radius 2 is 0.794 bits per heavy atom. The van der Waals surface area contributed by atoms with Crippen LogP contribution < -0.4 is 5.32 Å². The molecule has 0 rings (SSSR count). The summed E-state index contributed by atoms with van der Waals surface area (Å²) in [6, 6.07) is -0.548. The number of rotatable bonds is 52. The van der Waals surface area contributed by atoms with E-state index >= 15 is 0 Å². The van der Waals surface area contributed by atoms with E-state index in [1.165, 1.54) is 212 Å². The Balaban J connectivity index is 3.44. The molecule has 0 bridgehead atoms. The molecule has 0 aromatic carbocycles. The first-order chi connectivity index (χ1) is 31.0. The van der Waals surface area contributed by atoms with Crippen molar-refractivity contribution in [2.24, 2.45) is 0 Å². The Labute approximate surface area is 392 Å². The van der Waals surface area contributed by atoms with E-state index in [1.807, 2.05) is 0 Å². The van der Waals surface area contributed by atoms with Gasteiger partial charge in [0.1, 0.15) is 0 Å². The number of aliphatic hydroxyl groups excluding tert-OH is 2. The van der Waals surface area contributed by atoms with Crippen molar-refractivity contribution < 1.29 is 24.5 Å². The molecule has 0 aromatic heterocycles. The molecule has 1 amide bonds. The Bertz CT molecular complexity index is 982. The highest BCUT2D eigenvalue weighted by Gasteiger charge is 2.20. The number of aliphatic hydroxyl groups is 2. The van der Waals surface area contributed by atoms with Crippen molar-refractivity contribution in [1.29, 1.82) is 0 Å². The second-order valence-electron chi connectivity index (χ2n) is 19.3. The fraction of sp³-hybridized carbons (Fsp3) is 0.895. The molecule has 0 aromatic rings. The Kier molecular flexibility index (Phi) is 51.6. The van der Waals surface area contributed by atoms with Crippen LogP contribution in [-0.2, 0) is 14.3 Å².